The van der Waals surface area contributed by atoms with E-state index < -0.39 is 11.6 Å². The smallest absolute Gasteiger partial charge is 0.126 e. The third-order valence-corrected chi connectivity index (χ3v) is 2.27. The van der Waals surface area contributed by atoms with Crippen LogP contribution >= 0.6 is 0 Å². The summed E-state index contributed by atoms with van der Waals surface area (Å²) in [5, 5.41) is 8.50. The lowest BCUT2D eigenvalue weighted by molar-refractivity contribution is 0.584. The highest BCUT2D eigenvalue weighted by molar-refractivity contribution is 5.59. The van der Waals surface area contributed by atoms with Crippen molar-refractivity contribution in [3.63, 3.8) is 0 Å². The van der Waals surface area contributed by atoms with Crippen LogP contribution in [0, 0.1) is 23.0 Å². The summed E-state index contributed by atoms with van der Waals surface area (Å²) >= 11 is 0. The first-order valence-electron chi connectivity index (χ1n) is 4.97. The molecule has 1 aromatic heterocycles. The molecule has 0 amide bonds. The number of rotatable bonds is 2. The van der Waals surface area contributed by atoms with Crippen LogP contribution in [0.1, 0.15) is 5.56 Å². The maximum absolute atomic E-state index is 13.0. The van der Waals surface area contributed by atoms with Gasteiger partial charge in [0.05, 0.1) is 18.2 Å². The molecular weight excluding hydrogens is 222 g/mol. The molecule has 0 atom stereocenters. The molecule has 0 bridgehead atoms. The molecule has 2 nitrogen and oxygen atoms in total. The van der Waals surface area contributed by atoms with Crippen molar-refractivity contribution in [2.75, 3.05) is 0 Å². The van der Waals surface area contributed by atoms with E-state index >= 15 is 0 Å². The Bertz CT molecular complexity index is 551. The largest absolute Gasteiger partial charge is 0.256 e. The van der Waals surface area contributed by atoms with Crippen molar-refractivity contribution in [1.29, 1.82) is 5.26 Å². The molecular formula is C13H8F2N2. The number of hydrogen-bond acceptors (Lipinski definition) is 2. The maximum Gasteiger partial charge on any atom is 0.126 e. The third kappa shape index (κ3) is 2.64. The Morgan fingerprint density at radius 2 is 1.82 bits per heavy atom. The van der Waals surface area contributed by atoms with Crippen LogP contribution in [0.25, 0.3) is 11.3 Å². The number of benzene rings is 1. The minimum Gasteiger partial charge on any atom is -0.256 e. The number of aromatic nitrogens is 1. The lowest BCUT2D eigenvalue weighted by atomic mass is 10.1. The van der Waals surface area contributed by atoms with Gasteiger partial charge < -0.3 is 0 Å². The van der Waals surface area contributed by atoms with Crippen molar-refractivity contribution in [3.05, 3.63) is 53.7 Å². The quantitative estimate of drug-likeness (QED) is 0.794. The Balaban J connectivity index is 2.36. The van der Waals surface area contributed by atoms with Crippen LogP contribution in [0.15, 0.2) is 36.5 Å². The summed E-state index contributed by atoms with van der Waals surface area (Å²) in [6.45, 7) is 0. The van der Waals surface area contributed by atoms with Gasteiger partial charge in [0.15, 0.2) is 0 Å². The van der Waals surface area contributed by atoms with Gasteiger partial charge in [-0.3, -0.25) is 4.98 Å². The summed E-state index contributed by atoms with van der Waals surface area (Å²) in [5.74, 6) is -1.27. The molecule has 0 saturated heterocycles. The van der Waals surface area contributed by atoms with E-state index in [-0.39, 0.29) is 6.42 Å². The van der Waals surface area contributed by atoms with Gasteiger partial charge in [0, 0.05) is 17.8 Å². The molecule has 4 heteroatoms. The van der Waals surface area contributed by atoms with Crippen molar-refractivity contribution in [2.24, 2.45) is 0 Å². The molecule has 0 fully saturated rings. The summed E-state index contributed by atoms with van der Waals surface area (Å²) in [5.41, 5.74) is 1.63. The first kappa shape index (κ1) is 11.2. The second-order valence-electron chi connectivity index (χ2n) is 3.54. The van der Waals surface area contributed by atoms with E-state index in [9.17, 15) is 8.78 Å². The monoisotopic (exact) mass is 230 g/mol. The molecule has 0 aliphatic heterocycles. The topological polar surface area (TPSA) is 36.7 Å². The SMILES string of the molecule is N#CCc1ccc(-c2cc(F)cc(F)c2)nc1. The predicted molar refractivity (Wildman–Crippen MR) is 58.9 cm³/mol. The van der Waals surface area contributed by atoms with Gasteiger partial charge in [-0.15, -0.1) is 0 Å². The predicted octanol–water partition coefficient (Wildman–Crippen LogP) is 3.09. The van der Waals surface area contributed by atoms with Crippen LogP contribution in [0.2, 0.25) is 0 Å². The Kier molecular flexibility index (Phi) is 3.10. The molecule has 1 aromatic carbocycles. The van der Waals surface area contributed by atoms with Gasteiger partial charge in [-0.05, 0) is 23.8 Å². The fourth-order valence-electron chi connectivity index (χ4n) is 1.49. The third-order valence-electron chi connectivity index (χ3n) is 2.27. The van der Waals surface area contributed by atoms with Crippen LogP contribution in [0.4, 0.5) is 8.78 Å². The normalized spacial score (nSPS) is 9.94. The number of hydrogen-bond donors (Lipinski definition) is 0. The number of halogens is 2. The van der Waals surface area contributed by atoms with Crippen LogP contribution in [-0.4, -0.2) is 4.98 Å². The molecule has 2 aromatic rings. The van der Waals surface area contributed by atoms with Crippen molar-refractivity contribution < 1.29 is 8.78 Å². The molecule has 2 rings (SSSR count). The first-order valence-corrected chi connectivity index (χ1v) is 4.97. The zero-order chi connectivity index (χ0) is 12.3. The Morgan fingerprint density at radius 1 is 1.12 bits per heavy atom. The Hall–Kier alpha value is -2.28. The molecule has 0 N–H and O–H groups in total. The number of pyridine rings is 1. The molecule has 1 heterocycles. The van der Waals surface area contributed by atoms with Crippen molar-refractivity contribution in [3.8, 4) is 17.3 Å². The molecule has 84 valence electrons. The highest BCUT2D eigenvalue weighted by Gasteiger charge is 2.04. The average Bonchev–Trinajstić information content (AvgIpc) is 2.29. The molecule has 17 heavy (non-hydrogen) atoms. The second-order valence-corrected chi connectivity index (χ2v) is 3.54. The average molecular weight is 230 g/mol. The van der Waals surface area contributed by atoms with Gasteiger partial charge in [0.1, 0.15) is 11.6 Å². The van der Waals surface area contributed by atoms with Crippen molar-refractivity contribution in [1.82, 2.24) is 4.98 Å². The van der Waals surface area contributed by atoms with E-state index in [4.69, 9.17) is 5.26 Å². The molecule has 0 aliphatic rings. The number of nitriles is 1. The second kappa shape index (κ2) is 4.71. The lowest BCUT2D eigenvalue weighted by Crippen LogP contribution is -1.89. The van der Waals surface area contributed by atoms with Gasteiger partial charge >= 0.3 is 0 Å². The summed E-state index contributed by atoms with van der Waals surface area (Å²) < 4.78 is 26.0. The van der Waals surface area contributed by atoms with E-state index in [1.165, 1.54) is 18.3 Å². The standard InChI is InChI=1S/C13H8F2N2/c14-11-5-10(6-12(15)7-11)13-2-1-9(3-4-16)8-17-13/h1-2,5-8H,3H2. The van der Waals surface area contributed by atoms with Crippen molar-refractivity contribution in [2.45, 2.75) is 6.42 Å². The van der Waals surface area contributed by atoms with E-state index in [0.717, 1.165) is 11.6 Å². The van der Waals surface area contributed by atoms with Gasteiger partial charge in [-0.25, -0.2) is 8.78 Å². The summed E-state index contributed by atoms with van der Waals surface area (Å²) in [7, 11) is 0. The van der Waals surface area contributed by atoms with Gasteiger partial charge in [0.25, 0.3) is 0 Å². The van der Waals surface area contributed by atoms with Crippen LogP contribution in [-0.2, 0) is 6.42 Å². The van der Waals surface area contributed by atoms with Gasteiger partial charge in [0.2, 0.25) is 0 Å². The van der Waals surface area contributed by atoms with Gasteiger partial charge in [-0.1, -0.05) is 6.07 Å². The molecule has 0 spiro atoms. The zero-order valence-corrected chi connectivity index (χ0v) is 8.82. The first-order chi connectivity index (χ1) is 8.19. The van der Waals surface area contributed by atoms with E-state index in [1.54, 1.807) is 12.1 Å². The van der Waals surface area contributed by atoms with Crippen LogP contribution in [0.3, 0.4) is 0 Å². The minimum atomic E-state index is -0.636. The minimum absolute atomic E-state index is 0.269. The van der Waals surface area contributed by atoms with E-state index in [1.807, 2.05) is 6.07 Å². The Morgan fingerprint density at radius 3 is 2.35 bits per heavy atom. The fraction of sp³-hybridized carbons (Fsp3) is 0.0769. The highest BCUT2D eigenvalue weighted by Crippen LogP contribution is 2.19. The van der Waals surface area contributed by atoms with Crippen LogP contribution < -0.4 is 0 Å². The fourth-order valence-corrected chi connectivity index (χ4v) is 1.49. The summed E-state index contributed by atoms with van der Waals surface area (Å²) in [4.78, 5) is 4.07. The Labute approximate surface area is 97.2 Å². The number of nitrogens with zero attached hydrogens (tertiary/aromatic N) is 2. The van der Waals surface area contributed by atoms with Crippen molar-refractivity contribution >= 4 is 0 Å². The molecule has 0 saturated carbocycles. The van der Waals surface area contributed by atoms with Crippen LogP contribution in [0.5, 0.6) is 0 Å². The maximum atomic E-state index is 13.0. The van der Waals surface area contributed by atoms with Gasteiger partial charge in [-0.2, -0.15) is 5.26 Å². The zero-order valence-electron chi connectivity index (χ0n) is 8.82. The molecule has 0 unspecified atom stereocenters. The summed E-state index contributed by atoms with van der Waals surface area (Å²) in [6, 6.07) is 8.61. The highest BCUT2D eigenvalue weighted by atomic mass is 19.1. The van der Waals surface area contributed by atoms with E-state index in [2.05, 4.69) is 4.98 Å². The lowest BCUT2D eigenvalue weighted by Gasteiger charge is -2.02. The molecule has 0 aliphatic carbocycles. The molecule has 0 radical (unpaired) electrons. The van der Waals surface area contributed by atoms with E-state index in [0.29, 0.717) is 11.3 Å². The summed E-state index contributed by atoms with van der Waals surface area (Å²) in [6.07, 6.45) is 1.80.